The third-order valence-corrected chi connectivity index (χ3v) is 3.58. The van der Waals surface area contributed by atoms with Gasteiger partial charge in [-0.05, 0) is 36.6 Å². The summed E-state index contributed by atoms with van der Waals surface area (Å²) in [7, 11) is 1.58. The van der Waals surface area contributed by atoms with Gasteiger partial charge in [-0.3, -0.25) is 4.79 Å². The number of carbonyl (C=O) groups is 1. The van der Waals surface area contributed by atoms with Crippen molar-refractivity contribution in [2.45, 2.75) is 25.5 Å². The van der Waals surface area contributed by atoms with Crippen LogP contribution in [0.3, 0.4) is 0 Å². The van der Waals surface area contributed by atoms with Crippen LogP contribution in [0.1, 0.15) is 28.8 Å². The SMILES string of the molecule is COc1cc(C(=O)NC2CC2)ccc1OCc1ccccc1. The molecule has 0 atom stereocenters. The molecule has 0 heterocycles. The molecular weight excluding hydrogens is 278 g/mol. The number of carbonyl (C=O) groups excluding carboxylic acids is 1. The Morgan fingerprint density at radius 2 is 1.91 bits per heavy atom. The molecule has 0 radical (unpaired) electrons. The predicted molar refractivity (Wildman–Crippen MR) is 84.3 cm³/mol. The van der Waals surface area contributed by atoms with E-state index >= 15 is 0 Å². The van der Waals surface area contributed by atoms with Crippen molar-refractivity contribution < 1.29 is 14.3 Å². The van der Waals surface area contributed by atoms with Gasteiger partial charge in [0, 0.05) is 11.6 Å². The standard InChI is InChI=1S/C18H19NO3/c1-21-17-11-14(18(20)19-15-8-9-15)7-10-16(17)22-12-13-5-3-2-4-6-13/h2-7,10-11,15H,8-9,12H2,1H3,(H,19,20). The average molecular weight is 297 g/mol. The van der Waals surface area contributed by atoms with Crippen LogP contribution >= 0.6 is 0 Å². The summed E-state index contributed by atoms with van der Waals surface area (Å²) < 4.78 is 11.1. The predicted octanol–water partition coefficient (Wildman–Crippen LogP) is 3.17. The van der Waals surface area contributed by atoms with Crippen molar-refractivity contribution in [3.8, 4) is 11.5 Å². The van der Waals surface area contributed by atoms with Crippen molar-refractivity contribution in [2.24, 2.45) is 0 Å². The zero-order valence-corrected chi connectivity index (χ0v) is 12.5. The first-order valence-electron chi connectivity index (χ1n) is 7.42. The molecule has 0 bridgehead atoms. The molecule has 114 valence electrons. The number of nitrogens with one attached hydrogen (secondary N) is 1. The Morgan fingerprint density at radius 1 is 1.14 bits per heavy atom. The van der Waals surface area contributed by atoms with E-state index < -0.39 is 0 Å². The fraction of sp³-hybridized carbons (Fsp3) is 0.278. The first kappa shape index (κ1) is 14.4. The normalized spacial score (nSPS) is 13.5. The second-order valence-corrected chi connectivity index (χ2v) is 5.39. The van der Waals surface area contributed by atoms with Crippen LogP contribution in [0.15, 0.2) is 48.5 Å². The Balaban J connectivity index is 1.69. The summed E-state index contributed by atoms with van der Waals surface area (Å²) in [5, 5.41) is 2.96. The molecule has 22 heavy (non-hydrogen) atoms. The maximum atomic E-state index is 12.0. The fourth-order valence-electron chi connectivity index (χ4n) is 2.16. The van der Waals surface area contributed by atoms with Crippen molar-refractivity contribution in [2.75, 3.05) is 7.11 Å². The molecule has 1 aliphatic rings. The van der Waals surface area contributed by atoms with Crippen LogP contribution in [0.5, 0.6) is 11.5 Å². The number of rotatable bonds is 6. The Hall–Kier alpha value is -2.49. The molecule has 2 aromatic rings. The topological polar surface area (TPSA) is 47.6 Å². The van der Waals surface area contributed by atoms with Crippen LogP contribution in [0.4, 0.5) is 0 Å². The molecule has 1 saturated carbocycles. The van der Waals surface area contributed by atoms with Gasteiger partial charge in [0.25, 0.3) is 5.91 Å². The Bertz CT molecular complexity index is 651. The lowest BCUT2D eigenvalue weighted by Gasteiger charge is -2.12. The highest BCUT2D eigenvalue weighted by Crippen LogP contribution is 2.29. The lowest BCUT2D eigenvalue weighted by atomic mass is 10.2. The van der Waals surface area contributed by atoms with Crippen LogP contribution in [0.2, 0.25) is 0 Å². The number of methoxy groups -OCH3 is 1. The second-order valence-electron chi connectivity index (χ2n) is 5.39. The molecule has 3 rings (SSSR count). The van der Waals surface area contributed by atoms with Gasteiger partial charge in [0.2, 0.25) is 0 Å². The van der Waals surface area contributed by atoms with E-state index in [1.807, 2.05) is 30.3 Å². The number of hydrogen-bond acceptors (Lipinski definition) is 3. The summed E-state index contributed by atoms with van der Waals surface area (Å²) in [5.74, 6) is 1.14. The van der Waals surface area contributed by atoms with Crippen LogP contribution in [-0.2, 0) is 6.61 Å². The van der Waals surface area contributed by atoms with Gasteiger partial charge in [-0.1, -0.05) is 30.3 Å². The summed E-state index contributed by atoms with van der Waals surface area (Å²) in [6, 6.07) is 15.5. The first-order valence-corrected chi connectivity index (χ1v) is 7.42. The molecular formula is C18H19NO3. The smallest absolute Gasteiger partial charge is 0.251 e. The fourth-order valence-corrected chi connectivity index (χ4v) is 2.16. The minimum absolute atomic E-state index is 0.0598. The van der Waals surface area contributed by atoms with Crippen molar-refractivity contribution >= 4 is 5.91 Å². The number of benzene rings is 2. The first-order chi connectivity index (χ1) is 10.8. The van der Waals surface area contributed by atoms with Crippen molar-refractivity contribution in [1.82, 2.24) is 5.32 Å². The van der Waals surface area contributed by atoms with Gasteiger partial charge in [0.05, 0.1) is 7.11 Å². The summed E-state index contributed by atoms with van der Waals surface area (Å²) in [6.45, 7) is 0.463. The summed E-state index contributed by atoms with van der Waals surface area (Å²) in [4.78, 5) is 12.0. The molecule has 1 aliphatic carbocycles. The van der Waals surface area contributed by atoms with E-state index in [1.165, 1.54) is 0 Å². The molecule has 0 saturated heterocycles. The summed E-state index contributed by atoms with van der Waals surface area (Å²) >= 11 is 0. The van der Waals surface area contributed by atoms with E-state index in [4.69, 9.17) is 9.47 Å². The molecule has 1 amide bonds. The number of ether oxygens (including phenoxy) is 2. The molecule has 0 aromatic heterocycles. The monoisotopic (exact) mass is 297 g/mol. The van der Waals surface area contributed by atoms with Gasteiger partial charge in [0.1, 0.15) is 6.61 Å². The maximum Gasteiger partial charge on any atom is 0.251 e. The van der Waals surface area contributed by atoms with E-state index in [0.717, 1.165) is 18.4 Å². The van der Waals surface area contributed by atoms with Crippen LogP contribution in [-0.4, -0.2) is 19.1 Å². The molecule has 1 N–H and O–H groups in total. The Kier molecular flexibility index (Phi) is 4.28. The zero-order chi connectivity index (χ0) is 15.4. The van der Waals surface area contributed by atoms with Crippen molar-refractivity contribution in [3.63, 3.8) is 0 Å². The van der Waals surface area contributed by atoms with Crippen molar-refractivity contribution in [3.05, 3.63) is 59.7 Å². The minimum Gasteiger partial charge on any atom is -0.493 e. The van der Waals surface area contributed by atoms with Gasteiger partial charge in [-0.25, -0.2) is 0 Å². The Morgan fingerprint density at radius 3 is 2.59 bits per heavy atom. The van der Waals surface area contributed by atoms with Crippen LogP contribution < -0.4 is 14.8 Å². The van der Waals surface area contributed by atoms with E-state index in [2.05, 4.69) is 5.32 Å². The quantitative estimate of drug-likeness (QED) is 0.891. The maximum absolute atomic E-state index is 12.0. The highest BCUT2D eigenvalue weighted by molar-refractivity contribution is 5.95. The van der Waals surface area contributed by atoms with Crippen molar-refractivity contribution in [1.29, 1.82) is 0 Å². The van der Waals surface area contributed by atoms with E-state index in [1.54, 1.807) is 25.3 Å². The van der Waals surface area contributed by atoms with Crippen LogP contribution in [0, 0.1) is 0 Å². The highest BCUT2D eigenvalue weighted by atomic mass is 16.5. The highest BCUT2D eigenvalue weighted by Gasteiger charge is 2.24. The number of hydrogen-bond donors (Lipinski definition) is 1. The van der Waals surface area contributed by atoms with E-state index in [9.17, 15) is 4.79 Å². The number of amides is 1. The Labute approximate surface area is 130 Å². The summed E-state index contributed by atoms with van der Waals surface area (Å²) in [6.07, 6.45) is 2.14. The van der Waals surface area contributed by atoms with E-state index in [0.29, 0.717) is 29.7 Å². The molecule has 0 spiro atoms. The molecule has 2 aromatic carbocycles. The van der Waals surface area contributed by atoms with Gasteiger partial charge in [-0.2, -0.15) is 0 Å². The molecule has 4 heteroatoms. The average Bonchev–Trinajstić information content (AvgIpc) is 3.37. The lowest BCUT2D eigenvalue weighted by molar-refractivity contribution is 0.0950. The van der Waals surface area contributed by atoms with Gasteiger partial charge in [-0.15, -0.1) is 0 Å². The molecule has 4 nitrogen and oxygen atoms in total. The molecule has 0 aliphatic heterocycles. The second kappa shape index (κ2) is 6.52. The largest absolute Gasteiger partial charge is 0.493 e. The zero-order valence-electron chi connectivity index (χ0n) is 12.5. The molecule has 1 fully saturated rings. The third kappa shape index (κ3) is 3.58. The summed E-state index contributed by atoms with van der Waals surface area (Å²) in [5.41, 5.74) is 1.68. The van der Waals surface area contributed by atoms with E-state index in [-0.39, 0.29) is 5.91 Å². The lowest BCUT2D eigenvalue weighted by Crippen LogP contribution is -2.25. The van der Waals surface area contributed by atoms with Gasteiger partial charge < -0.3 is 14.8 Å². The van der Waals surface area contributed by atoms with Gasteiger partial charge >= 0.3 is 0 Å². The van der Waals surface area contributed by atoms with Crippen LogP contribution in [0.25, 0.3) is 0 Å². The van der Waals surface area contributed by atoms with Gasteiger partial charge in [0.15, 0.2) is 11.5 Å². The third-order valence-electron chi connectivity index (χ3n) is 3.58. The molecule has 0 unspecified atom stereocenters. The minimum atomic E-state index is -0.0598.